The SMILES string of the molecule is CN(C(=O)Nc1ccc(-c2ccc(OC(F)(F)F)cc2)cc1)C1CCN(CC2CC2)CC1. The summed E-state index contributed by atoms with van der Waals surface area (Å²) in [5, 5.41) is 2.93. The number of carbonyl (C=O) groups is 1. The van der Waals surface area contributed by atoms with E-state index in [1.54, 1.807) is 29.2 Å². The second kappa shape index (κ2) is 9.40. The van der Waals surface area contributed by atoms with Crippen LogP contribution in [0, 0.1) is 5.92 Å². The van der Waals surface area contributed by atoms with E-state index in [4.69, 9.17) is 0 Å². The van der Waals surface area contributed by atoms with Gasteiger partial charge in [-0.2, -0.15) is 0 Å². The molecule has 0 unspecified atom stereocenters. The Morgan fingerprint density at radius 1 is 1.00 bits per heavy atom. The minimum absolute atomic E-state index is 0.132. The second-order valence-corrected chi connectivity index (χ2v) is 8.67. The molecule has 1 N–H and O–H groups in total. The van der Waals surface area contributed by atoms with Crippen LogP contribution in [0.1, 0.15) is 25.7 Å². The smallest absolute Gasteiger partial charge is 0.406 e. The predicted octanol–water partition coefficient (Wildman–Crippen LogP) is 5.59. The van der Waals surface area contributed by atoms with E-state index in [1.165, 1.54) is 31.5 Å². The van der Waals surface area contributed by atoms with Crippen molar-refractivity contribution in [2.75, 3.05) is 32.0 Å². The van der Waals surface area contributed by atoms with Crippen molar-refractivity contribution >= 4 is 11.7 Å². The zero-order valence-electron chi connectivity index (χ0n) is 18.1. The number of hydrogen-bond acceptors (Lipinski definition) is 3. The van der Waals surface area contributed by atoms with Crippen molar-refractivity contribution in [1.82, 2.24) is 9.80 Å². The summed E-state index contributed by atoms with van der Waals surface area (Å²) in [5.74, 6) is 0.633. The highest BCUT2D eigenvalue weighted by atomic mass is 19.4. The lowest BCUT2D eigenvalue weighted by molar-refractivity contribution is -0.274. The summed E-state index contributed by atoms with van der Waals surface area (Å²) in [6.07, 6.45) is -0.00693. The third-order valence-corrected chi connectivity index (χ3v) is 6.20. The fourth-order valence-electron chi connectivity index (χ4n) is 4.13. The fourth-order valence-corrected chi connectivity index (χ4v) is 4.13. The van der Waals surface area contributed by atoms with Gasteiger partial charge in [0.2, 0.25) is 0 Å². The molecule has 172 valence electrons. The Morgan fingerprint density at radius 2 is 1.56 bits per heavy atom. The van der Waals surface area contributed by atoms with Crippen molar-refractivity contribution < 1.29 is 22.7 Å². The molecule has 4 rings (SSSR count). The molecule has 32 heavy (non-hydrogen) atoms. The molecule has 0 spiro atoms. The number of ether oxygens (including phenoxy) is 1. The van der Waals surface area contributed by atoms with Gasteiger partial charge in [-0.1, -0.05) is 24.3 Å². The normalized spacial score (nSPS) is 17.8. The summed E-state index contributed by atoms with van der Waals surface area (Å²) in [7, 11) is 1.84. The highest BCUT2D eigenvalue weighted by molar-refractivity contribution is 5.89. The highest BCUT2D eigenvalue weighted by Gasteiger charge is 2.31. The number of nitrogens with zero attached hydrogens (tertiary/aromatic N) is 2. The summed E-state index contributed by atoms with van der Waals surface area (Å²) in [5.41, 5.74) is 2.26. The molecule has 1 aliphatic heterocycles. The molecule has 2 aliphatic rings. The van der Waals surface area contributed by atoms with Gasteiger partial charge >= 0.3 is 12.4 Å². The van der Waals surface area contributed by atoms with Crippen molar-refractivity contribution in [3.8, 4) is 16.9 Å². The predicted molar refractivity (Wildman–Crippen MR) is 118 cm³/mol. The average molecular weight is 448 g/mol. The first kappa shape index (κ1) is 22.5. The standard InChI is InChI=1S/C24H28F3N3O2/c1-29(21-12-14-30(15-13-21)16-17-2-3-17)23(31)28-20-8-4-18(5-9-20)19-6-10-22(11-7-19)32-24(25,26)27/h4-11,17,21H,2-3,12-16H2,1H3,(H,28,31). The van der Waals surface area contributed by atoms with Crippen LogP contribution in [0.15, 0.2) is 48.5 Å². The molecular weight excluding hydrogens is 419 g/mol. The lowest BCUT2D eigenvalue weighted by atomic mass is 10.0. The lowest BCUT2D eigenvalue weighted by Gasteiger charge is -2.36. The van der Waals surface area contributed by atoms with Crippen LogP contribution in [-0.4, -0.2) is 54.9 Å². The van der Waals surface area contributed by atoms with Crippen LogP contribution in [-0.2, 0) is 0 Å². The Hall–Kier alpha value is -2.74. The number of hydrogen-bond donors (Lipinski definition) is 1. The third-order valence-electron chi connectivity index (χ3n) is 6.20. The average Bonchev–Trinajstić information content (AvgIpc) is 3.58. The molecule has 0 atom stereocenters. The van der Waals surface area contributed by atoms with Crippen molar-refractivity contribution in [2.24, 2.45) is 5.92 Å². The van der Waals surface area contributed by atoms with Crippen LogP contribution in [0.2, 0.25) is 0 Å². The van der Waals surface area contributed by atoms with Gasteiger partial charge in [-0.05, 0) is 67.0 Å². The van der Waals surface area contributed by atoms with Gasteiger partial charge in [0, 0.05) is 38.4 Å². The van der Waals surface area contributed by atoms with Crippen LogP contribution >= 0.6 is 0 Å². The Kier molecular flexibility index (Phi) is 6.60. The van der Waals surface area contributed by atoms with Crippen molar-refractivity contribution in [1.29, 1.82) is 0 Å². The van der Waals surface area contributed by atoms with E-state index in [0.717, 1.165) is 43.0 Å². The fraction of sp³-hybridized carbons (Fsp3) is 0.458. The van der Waals surface area contributed by atoms with E-state index >= 15 is 0 Å². The number of benzene rings is 2. The van der Waals surface area contributed by atoms with E-state index in [2.05, 4.69) is 15.0 Å². The number of halogens is 3. The van der Waals surface area contributed by atoms with Gasteiger partial charge in [0.05, 0.1) is 0 Å². The van der Waals surface area contributed by atoms with E-state index in [1.807, 2.05) is 19.2 Å². The molecule has 1 aliphatic carbocycles. The molecule has 1 saturated carbocycles. The van der Waals surface area contributed by atoms with Crippen LogP contribution < -0.4 is 10.1 Å². The van der Waals surface area contributed by atoms with Crippen LogP contribution in [0.4, 0.5) is 23.7 Å². The second-order valence-electron chi connectivity index (χ2n) is 8.67. The zero-order valence-corrected chi connectivity index (χ0v) is 18.1. The molecule has 0 radical (unpaired) electrons. The topological polar surface area (TPSA) is 44.8 Å². The van der Waals surface area contributed by atoms with Gasteiger partial charge in [0.15, 0.2) is 0 Å². The Labute approximate surface area is 186 Å². The molecule has 2 aromatic carbocycles. The summed E-state index contributed by atoms with van der Waals surface area (Å²) < 4.78 is 40.8. The first-order valence-electron chi connectivity index (χ1n) is 11.0. The minimum atomic E-state index is -4.71. The molecule has 5 nitrogen and oxygen atoms in total. The molecular formula is C24H28F3N3O2. The first-order chi connectivity index (χ1) is 15.3. The van der Waals surface area contributed by atoms with Gasteiger partial charge in [-0.25, -0.2) is 4.79 Å². The minimum Gasteiger partial charge on any atom is -0.406 e. The molecule has 1 heterocycles. The van der Waals surface area contributed by atoms with Gasteiger partial charge in [-0.3, -0.25) is 0 Å². The summed E-state index contributed by atoms with van der Waals surface area (Å²) in [6.45, 7) is 3.29. The number of carbonyl (C=O) groups excluding carboxylic acids is 1. The van der Waals surface area contributed by atoms with Gasteiger partial charge < -0.3 is 19.9 Å². The quantitative estimate of drug-likeness (QED) is 0.628. The van der Waals surface area contributed by atoms with Gasteiger partial charge in [-0.15, -0.1) is 13.2 Å². The van der Waals surface area contributed by atoms with Crippen molar-refractivity contribution in [2.45, 2.75) is 38.1 Å². The van der Waals surface area contributed by atoms with E-state index < -0.39 is 6.36 Å². The van der Waals surface area contributed by atoms with Crippen molar-refractivity contribution in [3.05, 3.63) is 48.5 Å². The maximum absolute atomic E-state index is 12.7. The van der Waals surface area contributed by atoms with E-state index in [0.29, 0.717) is 5.69 Å². The maximum Gasteiger partial charge on any atom is 0.573 e. The van der Waals surface area contributed by atoms with Crippen LogP contribution in [0.25, 0.3) is 11.1 Å². The molecule has 2 aromatic rings. The molecule has 2 fully saturated rings. The third kappa shape index (κ3) is 6.16. The van der Waals surface area contributed by atoms with Crippen LogP contribution in [0.5, 0.6) is 5.75 Å². The summed E-state index contributed by atoms with van der Waals surface area (Å²) in [6, 6.07) is 13.0. The number of nitrogens with one attached hydrogen (secondary N) is 1. The number of amides is 2. The summed E-state index contributed by atoms with van der Waals surface area (Å²) >= 11 is 0. The lowest BCUT2D eigenvalue weighted by Crippen LogP contribution is -2.47. The maximum atomic E-state index is 12.7. The van der Waals surface area contributed by atoms with Crippen molar-refractivity contribution in [3.63, 3.8) is 0 Å². The monoisotopic (exact) mass is 447 g/mol. The number of likely N-dealkylation sites (tertiary alicyclic amines) is 1. The first-order valence-corrected chi connectivity index (χ1v) is 11.0. The molecule has 8 heteroatoms. The molecule has 1 saturated heterocycles. The number of anilines is 1. The Bertz CT molecular complexity index is 904. The highest BCUT2D eigenvalue weighted by Crippen LogP contribution is 2.31. The molecule has 0 bridgehead atoms. The number of urea groups is 1. The number of rotatable bonds is 6. The van der Waals surface area contributed by atoms with E-state index in [9.17, 15) is 18.0 Å². The molecule has 2 amide bonds. The molecule has 0 aromatic heterocycles. The Balaban J connectivity index is 1.28. The number of piperidine rings is 1. The largest absolute Gasteiger partial charge is 0.573 e. The summed E-state index contributed by atoms with van der Waals surface area (Å²) in [4.78, 5) is 17.0. The Morgan fingerprint density at radius 3 is 2.09 bits per heavy atom. The van der Waals surface area contributed by atoms with Gasteiger partial charge in [0.25, 0.3) is 0 Å². The zero-order chi connectivity index (χ0) is 22.7. The van der Waals surface area contributed by atoms with Gasteiger partial charge in [0.1, 0.15) is 5.75 Å². The van der Waals surface area contributed by atoms with Crippen LogP contribution in [0.3, 0.4) is 0 Å². The number of alkyl halides is 3. The van der Waals surface area contributed by atoms with E-state index in [-0.39, 0.29) is 17.8 Å².